The van der Waals surface area contributed by atoms with Gasteiger partial charge in [-0.05, 0) is 42.4 Å². The number of benzene rings is 1. The monoisotopic (exact) mass is 286 g/mol. The molecule has 1 aromatic rings. The van der Waals surface area contributed by atoms with Crippen LogP contribution in [0.15, 0.2) is 24.3 Å². The summed E-state index contributed by atoms with van der Waals surface area (Å²) in [5.74, 6) is 0.466. The van der Waals surface area contributed by atoms with Gasteiger partial charge in [0, 0.05) is 11.6 Å². The Balaban J connectivity index is 2.12. The van der Waals surface area contributed by atoms with Gasteiger partial charge >= 0.3 is 6.18 Å². The number of hydrogen-bond donors (Lipinski definition) is 0. The molecule has 4 heteroatoms. The van der Waals surface area contributed by atoms with Gasteiger partial charge in [0.2, 0.25) is 0 Å². The normalized spacial score (nSPS) is 24.2. The van der Waals surface area contributed by atoms with Crippen LogP contribution in [0.2, 0.25) is 0 Å². The van der Waals surface area contributed by atoms with Crippen molar-refractivity contribution in [3.8, 4) is 0 Å². The van der Waals surface area contributed by atoms with Crippen LogP contribution in [0.3, 0.4) is 0 Å². The molecule has 0 spiro atoms. The lowest BCUT2D eigenvalue weighted by Crippen LogP contribution is -2.11. The predicted octanol–water partition coefficient (Wildman–Crippen LogP) is 5.69. The third-order valence-electron chi connectivity index (χ3n) is 3.96. The standard InChI is InChI=1S/C16H18F4/c1-11-2-4-12(5-3-11)14-7-6-13(15(17)10-14)8-9-16(18,19)20/h6-12H,2-5H2,1H3/b9-8+. The summed E-state index contributed by atoms with van der Waals surface area (Å²) in [6.45, 7) is 2.21. The van der Waals surface area contributed by atoms with E-state index in [0.29, 0.717) is 11.8 Å². The van der Waals surface area contributed by atoms with Crippen LogP contribution in [0.1, 0.15) is 49.7 Å². The summed E-state index contributed by atoms with van der Waals surface area (Å²) < 4.78 is 50.0. The molecule has 0 atom stereocenters. The molecule has 0 nitrogen and oxygen atoms in total. The van der Waals surface area contributed by atoms with Crippen molar-refractivity contribution in [2.75, 3.05) is 0 Å². The lowest BCUT2D eigenvalue weighted by molar-refractivity contribution is -0.0790. The molecule has 0 amide bonds. The number of halogens is 4. The molecule has 1 aliphatic carbocycles. The van der Waals surface area contributed by atoms with Gasteiger partial charge in [0.1, 0.15) is 5.82 Å². The maximum atomic E-state index is 13.8. The molecule has 0 radical (unpaired) electrons. The zero-order valence-electron chi connectivity index (χ0n) is 11.4. The van der Waals surface area contributed by atoms with Gasteiger partial charge in [-0.15, -0.1) is 0 Å². The Morgan fingerprint density at radius 2 is 1.75 bits per heavy atom. The predicted molar refractivity (Wildman–Crippen MR) is 71.9 cm³/mol. The maximum Gasteiger partial charge on any atom is 0.409 e. The van der Waals surface area contributed by atoms with Crippen molar-refractivity contribution in [2.24, 2.45) is 5.92 Å². The number of rotatable bonds is 2. The van der Waals surface area contributed by atoms with Crippen molar-refractivity contribution in [3.05, 3.63) is 41.2 Å². The van der Waals surface area contributed by atoms with Crippen LogP contribution in [0, 0.1) is 11.7 Å². The smallest absolute Gasteiger partial charge is 0.206 e. The van der Waals surface area contributed by atoms with Crippen molar-refractivity contribution >= 4 is 6.08 Å². The van der Waals surface area contributed by atoms with Crippen molar-refractivity contribution < 1.29 is 17.6 Å². The number of alkyl halides is 3. The Kier molecular flexibility index (Phi) is 4.51. The van der Waals surface area contributed by atoms with E-state index < -0.39 is 12.0 Å². The summed E-state index contributed by atoms with van der Waals surface area (Å²) in [6, 6.07) is 4.57. The molecule has 1 aromatic carbocycles. The average molecular weight is 286 g/mol. The van der Waals surface area contributed by atoms with E-state index in [1.165, 1.54) is 12.1 Å². The Labute approximate surface area is 116 Å². The molecule has 0 saturated heterocycles. The zero-order valence-corrected chi connectivity index (χ0v) is 11.4. The van der Waals surface area contributed by atoms with Crippen LogP contribution in [-0.2, 0) is 0 Å². The lowest BCUT2D eigenvalue weighted by Gasteiger charge is -2.26. The highest BCUT2D eigenvalue weighted by molar-refractivity contribution is 5.51. The van der Waals surface area contributed by atoms with Crippen LogP contribution in [0.25, 0.3) is 6.08 Å². The van der Waals surface area contributed by atoms with Gasteiger partial charge < -0.3 is 0 Å². The fraction of sp³-hybridized carbons (Fsp3) is 0.500. The Bertz CT molecular complexity index is 480. The second kappa shape index (κ2) is 5.98. The Hall–Kier alpha value is -1.32. The minimum absolute atomic E-state index is 0.0183. The SMILES string of the molecule is CC1CCC(c2ccc(/C=C/C(F)(F)F)c(F)c2)CC1. The highest BCUT2D eigenvalue weighted by Gasteiger charge is 2.23. The minimum Gasteiger partial charge on any atom is -0.206 e. The molecular weight excluding hydrogens is 268 g/mol. The van der Waals surface area contributed by atoms with Crippen molar-refractivity contribution in [2.45, 2.75) is 44.7 Å². The quantitative estimate of drug-likeness (QED) is 0.612. The van der Waals surface area contributed by atoms with E-state index in [9.17, 15) is 17.6 Å². The summed E-state index contributed by atoms with van der Waals surface area (Å²) >= 11 is 0. The van der Waals surface area contributed by atoms with E-state index in [0.717, 1.165) is 37.3 Å². The Morgan fingerprint density at radius 1 is 1.10 bits per heavy atom. The summed E-state index contributed by atoms with van der Waals surface area (Å²) in [4.78, 5) is 0. The van der Waals surface area contributed by atoms with Gasteiger partial charge in [-0.2, -0.15) is 13.2 Å². The third-order valence-corrected chi connectivity index (χ3v) is 3.96. The Morgan fingerprint density at radius 3 is 2.30 bits per heavy atom. The minimum atomic E-state index is -4.41. The molecule has 0 heterocycles. The molecule has 0 N–H and O–H groups in total. The van der Waals surface area contributed by atoms with E-state index in [1.54, 1.807) is 6.07 Å². The van der Waals surface area contributed by atoms with Crippen LogP contribution < -0.4 is 0 Å². The largest absolute Gasteiger partial charge is 0.409 e. The summed E-state index contributed by atoms with van der Waals surface area (Å²) in [7, 11) is 0. The molecule has 1 fully saturated rings. The number of hydrogen-bond acceptors (Lipinski definition) is 0. The summed E-state index contributed by atoms with van der Waals surface area (Å²) in [5.41, 5.74) is 0.883. The van der Waals surface area contributed by atoms with Crippen LogP contribution >= 0.6 is 0 Å². The van der Waals surface area contributed by atoms with Crippen LogP contribution in [-0.4, -0.2) is 6.18 Å². The second-order valence-electron chi connectivity index (χ2n) is 5.61. The molecule has 0 unspecified atom stereocenters. The number of allylic oxidation sites excluding steroid dienone is 1. The maximum absolute atomic E-state index is 13.8. The van der Waals surface area contributed by atoms with Crippen molar-refractivity contribution in [1.82, 2.24) is 0 Å². The second-order valence-corrected chi connectivity index (χ2v) is 5.61. The van der Waals surface area contributed by atoms with E-state index >= 15 is 0 Å². The van der Waals surface area contributed by atoms with Gasteiger partial charge in [-0.3, -0.25) is 0 Å². The van der Waals surface area contributed by atoms with Crippen molar-refractivity contribution in [1.29, 1.82) is 0 Å². The van der Waals surface area contributed by atoms with Gasteiger partial charge in [-0.1, -0.05) is 31.9 Å². The molecule has 0 bridgehead atoms. The summed E-state index contributed by atoms with van der Waals surface area (Å²) in [6.07, 6.45) is 0.737. The van der Waals surface area contributed by atoms with E-state index in [2.05, 4.69) is 6.92 Å². The highest BCUT2D eigenvalue weighted by atomic mass is 19.4. The zero-order chi connectivity index (χ0) is 14.8. The fourth-order valence-electron chi connectivity index (χ4n) is 2.71. The molecule has 1 saturated carbocycles. The van der Waals surface area contributed by atoms with Crippen LogP contribution in [0.4, 0.5) is 17.6 Å². The first kappa shape index (κ1) is 15.1. The van der Waals surface area contributed by atoms with Crippen molar-refractivity contribution in [3.63, 3.8) is 0 Å². The van der Waals surface area contributed by atoms with E-state index in [1.807, 2.05) is 0 Å². The molecule has 1 aliphatic rings. The summed E-state index contributed by atoms with van der Waals surface area (Å²) in [5, 5.41) is 0. The molecule has 2 rings (SSSR count). The third kappa shape index (κ3) is 4.09. The molecule has 110 valence electrons. The van der Waals surface area contributed by atoms with Gasteiger partial charge in [0.05, 0.1) is 0 Å². The fourth-order valence-corrected chi connectivity index (χ4v) is 2.71. The first-order valence-electron chi connectivity index (χ1n) is 6.90. The lowest BCUT2D eigenvalue weighted by atomic mass is 9.79. The molecule has 0 aromatic heterocycles. The van der Waals surface area contributed by atoms with Gasteiger partial charge in [0.25, 0.3) is 0 Å². The van der Waals surface area contributed by atoms with Gasteiger partial charge in [-0.25, -0.2) is 4.39 Å². The van der Waals surface area contributed by atoms with E-state index in [-0.39, 0.29) is 11.6 Å². The highest BCUT2D eigenvalue weighted by Crippen LogP contribution is 2.36. The molecular formula is C16H18F4. The van der Waals surface area contributed by atoms with Gasteiger partial charge in [0.15, 0.2) is 0 Å². The first-order chi connectivity index (χ1) is 9.35. The van der Waals surface area contributed by atoms with Crippen LogP contribution in [0.5, 0.6) is 0 Å². The topological polar surface area (TPSA) is 0 Å². The van der Waals surface area contributed by atoms with E-state index in [4.69, 9.17) is 0 Å². The average Bonchev–Trinajstić information content (AvgIpc) is 2.37. The first-order valence-corrected chi connectivity index (χ1v) is 6.90. The molecule has 0 aliphatic heterocycles. The molecule has 20 heavy (non-hydrogen) atoms.